The van der Waals surface area contributed by atoms with E-state index in [0.29, 0.717) is 42.0 Å². The smallest absolute Gasteiger partial charge is 0.266 e. The molecule has 1 aromatic heterocycles. The van der Waals surface area contributed by atoms with Crippen molar-refractivity contribution in [1.29, 1.82) is 0 Å². The van der Waals surface area contributed by atoms with Gasteiger partial charge in [-0.05, 0) is 55.2 Å². The maximum atomic E-state index is 13.8. The number of halogens is 1. The Kier molecular flexibility index (Phi) is 11.4. The van der Waals surface area contributed by atoms with Crippen molar-refractivity contribution in [3.8, 4) is 5.69 Å². The largest absolute Gasteiger partial charge is 0.332 e. The van der Waals surface area contributed by atoms with Crippen LogP contribution in [0.1, 0.15) is 97.3 Å². The second-order valence-corrected chi connectivity index (χ2v) is 11.3. The summed E-state index contributed by atoms with van der Waals surface area (Å²) in [5, 5.41) is 0.578. The molecule has 1 heterocycles. The Morgan fingerprint density at radius 1 is 0.946 bits per heavy atom. The third-order valence-corrected chi connectivity index (χ3v) is 7.35. The molecule has 0 aliphatic heterocycles. The highest BCUT2D eigenvalue weighted by Gasteiger charge is 2.29. The Morgan fingerprint density at radius 3 is 2.24 bits per heavy atom. The van der Waals surface area contributed by atoms with E-state index in [-0.39, 0.29) is 17.5 Å². The van der Waals surface area contributed by atoms with Crippen LogP contribution in [-0.4, -0.2) is 26.9 Å². The molecule has 0 radical (unpaired) electrons. The van der Waals surface area contributed by atoms with Crippen LogP contribution in [0.3, 0.4) is 0 Å². The minimum absolute atomic E-state index is 0.106. The van der Waals surface area contributed by atoms with Crippen LogP contribution in [0.15, 0.2) is 57.8 Å². The lowest BCUT2D eigenvalue weighted by Crippen LogP contribution is -2.40. The number of unbranched alkanes of at least 4 members (excludes halogenated alkanes) is 6. The molecule has 3 rings (SSSR count). The first-order valence-electron chi connectivity index (χ1n) is 13.9. The van der Waals surface area contributed by atoms with Gasteiger partial charge in [-0.25, -0.2) is 4.98 Å². The van der Waals surface area contributed by atoms with Crippen LogP contribution in [0, 0.1) is 5.92 Å². The Balaban J connectivity index is 1.98. The van der Waals surface area contributed by atoms with Crippen LogP contribution < -0.4 is 5.56 Å². The van der Waals surface area contributed by atoms with Crippen molar-refractivity contribution in [3.63, 3.8) is 0 Å². The van der Waals surface area contributed by atoms with Crippen LogP contribution in [-0.2, 0) is 4.79 Å². The molecule has 200 valence electrons. The number of carbonyl (C=O) groups excluding carboxylic acids is 1. The molecule has 6 heteroatoms. The number of nitrogens with zero attached hydrogens (tertiary/aromatic N) is 3. The lowest BCUT2D eigenvalue weighted by atomic mass is 10.0. The zero-order valence-corrected chi connectivity index (χ0v) is 24.5. The number of rotatable bonds is 14. The van der Waals surface area contributed by atoms with E-state index >= 15 is 0 Å². The van der Waals surface area contributed by atoms with Gasteiger partial charge in [-0.15, -0.1) is 0 Å². The van der Waals surface area contributed by atoms with Gasteiger partial charge in [0.05, 0.1) is 22.6 Å². The van der Waals surface area contributed by atoms with E-state index in [9.17, 15) is 9.59 Å². The molecule has 1 unspecified atom stereocenters. The van der Waals surface area contributed by atoms with Crippen molar-refractivity contribution in [3.05, 3.63) is 69.2 Å². The number of fused-ring (bicyclic) bond motifs is 1. The van der Waals surface area contributed by atoms with Crippen molar-refractivity contribution in [2.75, 3.05) is 6.54 Å². The SMILES string of the molecule is CCCCCCCCCC(=O)N(CC(C)C)C(CC)c1nc2ccccc2c(=O)n1-c1ccc(Br)cc1. The zero-order valence-electron chi connectivity index (χ0n) is 22.9. The molecule has 0 aliphatic carbocycles. The summed E-state index contributed by atoms with van der Waals surface area (Å²) in [7, 11) is 0. The van der Waals surface area contributed by atoms with Crippen LogP contribution in [0.2, 0.25) is 0 Å². The lowest BCUT2D eigenvalue weighted by molar-refractivity contribution is -0.134. The summed E-state index contributed by atoms with van der Waals surface area (Å²) in [6, 6.07) is 14.9. The molecule has 0 saturated carbocycles. The fourth-order valence-corrected chi connectivity index (χ4v) is 5.19. The van der Waals surface area contributed by atoms with Crippen LogP contribution in [0.4, 0.5) is 0 Å². The number of amides is 1. The topological polar surface area (TPSA) is 55.2 Å². The molecule has 37 heavy (non-hydrogen) atoms. The summed E-state index contributed by atoms with van der Waals surface area (Å²) >= 11 is 3.50. The first-order chi connectivity index (χ1) is 17.9. The predicted molar refractivity (Wildman–Crippen MR) is 157 cm³/mol. The zero-order chi connectivity index (χ0) is 26.8. The Labute approximate surface area is 230 Å². The number of carbonyl (C=O) groups is 1. The third-order valence-electron chi connectivity index (χ3n) is 6.82. The van der Waals surface area contributed by atoms with Crippen molar-refractivity contribution in [1.82, 2.24) is 14.5 Å². The molecule has 0 aliphatic rings. The average molecular weight is 569 g/mol. The molecule has 0 bridgehead atoms. The highest BCUT2D eigenvalue weighted by molar-refractivity contribution is 9.10. The van der Waals surface area contributed by atoms with Gasteiger partial charge in [0.2, 0.25) is 5.91 Å². The van der Waals surface area contributed by atoms with Crippen LogP contribution >= 0.6 is 15.9 Å². The molecule has 1 atom stereocenters. The maximum Gasteiger partial charge on any atom is 0.266 e. The van der Waals surface area contributed by atoms with Gasteiger partial charge in [-0.1, -0.05) is 94.3 Å². The molecule has 0 fully saturated rings. The minimum atomic E-state index is -0.291. The number of hydrogen-bond donors (Lipinski definition) is 0. The molecule has 0 spiro atoms. The van der Waals surface area contributed by atoms with E-state index < -0.39 is 0 Å². The average Bonchev–Trinajstić information content (AvgIpc) is 2.88. The quantitative estimate of drug-likeness (QED) is 0.184. The molecule has 0 saturated heterocycles. The summed E-state index contributed by atoms with van der Waals surface area (Å²) in [5.41, 5.74) is 1.31. The second kappa shape index (κ2) is 14.5. The highest BCUT2D eigenvalue weighted by atomic mass is 79.9. The van der Waals surface area contributed by atoms with Crippen LogP contribution in [0.5, 0.6) is 0 Å². The molecule has 0 N–H and O–H groups in total. The van der Waals surface area contributed by atoms with Crippen LogP contribution in [0.25, 0.3) is 16.6 Å². The maximum absolute atomic E-state index is 13.8. The Morgan fingerprint density at radius 2 is 1.59 bits per heavy atom. The monoisotopic (exact) mass is 567 g/mol. The van der Waals surface area contributed by atoms with Gasteiger partial charge in [0.25, 0.3) is 5.56 Å². The van der Waals surface area contributed by atoms with E-state index in [4.69, 9.17) is 4.98 Å². The molecule has 3 aromatic rings. The number of hydrogen-bond acceptors (Lipinski definition) is 3. The van der Waals surface area contributed by atoms with Gasteiger partial charge in [-0.3, -0.25) is 14.2 Å². The first kappa shape index (κ1) is 29.1. The van der Waals surface area contributed by atoms with Crippen molar-refractivity contribution in [2.24, 2.45) is 5.92 Å². The van der Waals surface area contributed by atoms with Gasteiger partial charge >= 0.3 is 0 Å². The summed E-state index contributed by atoms with van der Waals surface area (Å²) in [5.74, 6) is 1.08. The summed E-state index contributed by atoms with van der Waals surface area (Å²) in [6.07, 6.45) is 9.44. The Bertz CT molecular complexity index is 1200. The van der Waals surface area contributed by atoms with Gasteiger partial charge in [0, 0.05) is 17.4 Å². The fraction of sp³-hybridized carbons (Fsp3) is 0.516. The predicted octanol–water partition coefficient (Wildman–Crippen LogP) is 8.22. The normalized spacial score (nSPS) is 12.3. The van der Waals surface area contributed by atoms with Gasteiger partial charge in [0.15, 0.2) is 0 Å². The van der Waals surface area contributed by atoms with E-state index in [1.165, 1.54) is 32.1 Å². The fourth-order valence-electron chi connectivity index (χ4n) is 4.93. The van der Waals surface area contributed by atoms with Crippen molar-refractivity contribution >= 4 is 32.7 Å². The Hall–Kier alpha value is -2.47. The standard InChI is InChI=1S/C31H42BrN3O2/c1-5-7-8-9-10-11-12-17-29(36)34(22-23(3)4)28(6-2)30-33-27-16-14-13-15-26(27)31(37)35(30)25-20-18-24(32)19-21-25/h13-16,18-21,23,28H,5-12,17,22H2,1-4H3. The molecule has 2 aromatic carbocycles. The summed E-state index contributed by atoms with van der Waals surface area (Å²) in [4.78, 5) is 34.4. The molecular formula is C31H42BrN3O2. The lowest BCUT2D eigenvalue weighted by Gasteiger charge is -2.33. The van der Waals surface area contributed by atoms with E-state index in [1.807, 2.05) is 53.4 Å². The highest BCUT2D eigenvalue weighted by Crippen LogP contribution is 2.28. The third kappa shape index (κ3) is 7.76. The van der Waals surface area contributed by atoms with Gasteiger partial charge in [-0.2, -0.15) is 0 Å². The van der Waals surface area contributed by atoms with Gasteiger partial charge in [0.1, 0.15) is 5.82 Å². The van der Waals surface area contributed by atoms with Crippen molar-refractivity contribution < 1.29 is 4.79 Å². The van der Waals surface area contributed by atoms with Gasteiger partial charge < -0.3 is 4.90 Å². The number of benzene rings is 2. The summed E-state index contributed by atoms with van der Waals surface area (Å²) in [6.45, 7) is 9.21. The second-order valence-electron chi connectivity index (χ2n) is 10.3. The minimum Gasteiger partial charge on any atom is -0.332 e. The first-order valence-corrected chi connectivity index (χ1v) is 14.7. The van der Waals surface area contributed by atoms with E-state index in [1.54, 1.807) is 4.57 Å². The van der Waals surface area contributed by atoms with E-state index in [2.05, 4.69) is 43.6 Å². The summed E-state index contributed by atoms with van der Waals surface area (Å²) < 4.78 is 2.65. The number of aromatic nitrogens is 2. The van der Waals surface area contributed by atoms with E-state index in [0.717, 1.165) is 23.0 Å². The molecular weight excluding hydrogens is 526 g/mol. The molecule has 5 nitrogen and oxygen atoms in total. The number of para-hydroxylation sites is 1. The molecule has 1 amide bonds. The van der Waals surface area contributed by atoms with Crippen molar-refractivity contribution in [2.45, 2.75) is 91.5 Å².